The van der Waals surface area contributed by atoms with E-state index in [0.717, 1.165) is 19.3 Å². The highest BCUT2D eigenvalue weighted by molar-refractivity contribution is 7.93. The van der Waals surface area contributed by atoms with Crippen LogP contribution in [0.1, 0.15) is 37.7 Å². The lowest BCUT2D eigenvalue weighted by atomic mass is 10.0. The van der Waals surface area contributed by atoms with Gasteiger partial charge in [0.25, 0.3) is 0 Å². The van der Waals surface area contributed by atoms with Crippen LogP contribution in [0.5, 0.6) is 0 Å². The van der Waals surface area contributed by atoms with Crippen LogP contribution in [0, 0.1) is 0 Å². The van der Waals surface area contributed by atoms with Gasteiger partial charge in [0, 0.05) is 5.56 Å². The van der Waals surface area contributed by atoms with Crippen molar-refractivity contribution in [1.82, 2.24) is 0 Å². The molecule has 116 valence electrons. The van der Waals surface area contributed by atoms with Crippen molar-refractivity contribution >= 4 is 33.1 Å². The number of nitrogens with one attached hydrogen (secondary N) is 1. The van der Waals surface area contributed by atoms with E-state index in [9.17, 15) is 8.42 Å². The quantitative estimate of drug-likeness (QED) is 0.341. The fraction of sp³-hybridized carbons (Fsp3) is 0.462. The standard InChI is InChI=1S/C13H18ClN3O3S/c14-11-7-6-9(13(15)16-18)8-12(11)17-21(19,20)10-4-2-1-3-5-10/h6-8,10,17-18H,1-5H2,(H2,15,16). The van der Waals surface area contributed by atoms with E-state index in [-0.39, 0.29) is 16.5 Å². The topological polar surface area (TPSA) is 105 Å². The molecule has 0 unspecified atom stereocenters. The lowest BCUT2D eigenvalue weighted by Gasteiger charge is -2.22. The van der Waals surface area contributed by atoms with Gasteiger partial charge in [-0.1, -0.05) is 36.0 Å². The minimum Gasteiger partial charge on any atom is -0.409 e. The molecule has 0 spiro atoms. The summed E-state index contributed by atoms with van der Waals surface area (Å²) in [4.78, 5) is 0. The molecule has 1 aromatic carbocycles. The molecule has 1 aromatic rings. The molecular formula is C13H18ClN3O3S. The summed E-state index contributed by atoms with van der Waals surface area (Å²) in [5, 5.41) is 11.4. The number of halogens is 1. The van der Waals surface area contributed by atoms with Crippen LogP contribution >= 0.6 is 11.6 Å². The van der Waals surface area contributed by atoms with Gasteiger partial charge >= 0.3 is 0 Å². The van der Waals surface area contributed by atoms with Crippen molar-refractivity contribution < 1.29 is 13.6 Å². The fourth-order valence-corrected chi connectivity index (χ4v) is 4.25. The van der Waals surface area contributed by atoms with Crippen molar-refractivity contribution in [2.75, 3.05) is 4.72 Å². The summed E-state index contributed by atoms with van der Waals surface area (Å²) in [6.07, 6.45) is 4.23. The maximum absolute atomic E-state index is 12.4. The van der Waals surface area contributed by atoms with E-state index in [1.54, 1.807) is 6.07 Å². The molecule has 0 atom stereocenters. The fourth-order valence-electron chi connectivity index (χ4n) is 2.43. The Labute approximate surface area is 129 Å². The monoisotopic (exact) mass is 331 g/mol. The molecule has 1 aliphatic carbocycles. The molecule has 0 heterocycles. The molecular weight excluding hydrogens is 314 g/mol. The lowest BCUT2D eigenvalue weighted by molar-refractivity contribution is 0.318. The maximum Gasteiger partial charge on any atom is 0.235 e. The number of hydrogen-bond donors (Lipinski definition) is 3. The second kappa shape index (κ2) is 6.53. The normalized spacial score (nSPS) is 17.7. The second-order valence-corrected chi connectivity index (χ2v) is 7.45. The molecule has 0 aromatic heterocycles. The van der Waals surface area contributed by atoms with Crippen molar-refractivity contribution in [2.24, 2.45) is 10.9 Å². The van der Waals surface area contributed by atoms with Crippen LogP contribution in [0.15, 0.2) is 23.4 Å². The second-order valence-electron chi connectivity index (χ2n) is 5.09. The zero-order valence-corrected chi connectivity index (χ0v) is 13.0. The molecule has 8 heteroatoms. The first-order chi connectivity index (χ1) is 9.94. The van der Waals surface area contributed by atoms with Crippen molar-refractivity contribution in [2.45, 2.75) is 37.4 Å². The van der Waals surface area contributed by atoms with Crippen LogP contribution in [0.4, 0.5) is 5.69 Å². The molecule has 6 nitrogen and oxygen atoms in total. The Kier molecular flexibility index (Phi) is 4.95. The highest BCUT2D eigenvalue weighted by atomic mass is 35.5. The highest BCUT2D eigenvalue weighted by Gasteiger charge is 2.27. The van der Waals surface area contributed by atoms with Crippen molar-refractivity contribution in [1.29, 1.82) is 0 Å². The molecule has 0 bridgehead atoms. The van der Waals surface area contributed by atoms with Gasteiger partial charge in [-0.15, -0.1) is 0 Å². The average Bonchev–Trinajstić information content (AvgIpc) is 2.49. The molecule has 0 amide bonds. The maximum atomic E-state index is 12.4. The Morgan fingerprint density at radius 3 is 2.62 bits per heavy atom. The third-order valence-electron chi connectivity index (χ3n) is 3.61. The predicted molar refractivity (Wildman–Crippen MR) is 83.4 cm³/mol. The van der Waals surface area contributed by atoms with Crippen molar-refractivity contribution in [3.05, 3.63) is 28.8 Å². The van der Waals surface area contributed by atoms with Gasteiger partial charge in [-0.3, -0.25) is 4.72 Å². The van der Waals surface area contributed by atoms with E-state index in [2.05, 4.69) is 9.88 Å². The first kappa shape index (κ1) is 15.9. The summed E-state index contributed by atoms with van der Waals surface area (Å²) < 4.78 is 27.3. The molecule has 0 saturated heterocycles. The Balaban J connectivity index is 2.25. The molecule has 0 aliphatic heterocycles. The summed E-state index contributed by atoms with van der Waals surface area (Å²) in [5.41, 5.74) is 6.13. The predicted octanol–water partition coefficient (Wildman–Crippen LogP) is 2.51. The number of benzene rings is 1. The average molecular weight is 332 g/mol. The number of sulfonamides is 1. The van der Waals surface area contributed by atoms with Gasteiger partial charge in [-0.05, 0) is 31.0 Å². The van der Waals surface area contributed by atoms with E-state index in [1.807, 2.05) is 0 Å². The zero-order valence-electron chi connectivity index (χ0n) is 11.4. The molecule has 0 radical (unpaired) electrons. The van der Waals surface area contributed by atoms with Gasteiger partial charge < -0.3 is 10.9 Å². The first-order valence-electron chi connectivity index (χ1n) is 6.73. The third kappa shape index (κ3) is 3.79. The number of amidine groups is 1. The molecule has 21 heavy (non-hydrogen) atoms. The van der Waals surface area contributed by atoms with E-state index in [0.29, 0.717) is 18.4 Å². The van der Waals surface area contributed by atoms with Gasteiger partial charge in [0.05, 0.1) is 16.0 Å². The van der Waals surface area contributed by atoms with Crippen LogP contribution in [-0.2, 0) is 10.0 Å². The number of nitrogens with zero attached hydrogens (tertiary/aromatic N) is 1. The number of rotatable bonds is 4. The lowest BCUT2D eigenvalue weighted by Crippen LogP contribution is -2.30. The first-order valence-corrected chi connectivity index (χ1v) is 8.65. The van der Waals surface area contributed by atoms with E-state index in [4.69, 9.17) is 22.5 Å². The van der Waals surface area contributed by atoms with Crippen LogP contribution in [-0.4, -0.2) is 24.7 Å². The Morgan fingerprint density at radius 2 is 2.00 bits per heavy atom. The Hall–Kier alpha value is -1.47. The summed E-state index contributed by atoms with van der Waals surface area (Å²) >= 11 is 6.02. The van der Waals surface area contributed by atoms with Crippen LogP contribution < -0.4 is 10.5 Å². The van der Waals surface area contributed by atoms with Crippen LogP contribution in [0.3, 0.4) is 0 Å². The van der Waals surface area contributed by atoms with Gasteiger partial charge in [0.2, 0.25) is 10.0 Å². The summed E-state index contributed by atoms with van der Waals surface area (Å²) in [6.45, 7) is 0. The smallest absolute Gasteiger partial charge is 0.235 e. The number of nitrogens with two attached hydrogens (primary N) is 1. The van der Waals surface area contributed by atoms with E-state index < -0.39 is 15.3 Å². The molecule has 2 rings (SSSR count). The SMILES string of the molecule is N/C(=N/O)c1ccc(Cl)c(NS(=O)(=O)C2CCCCC2)c1. The molecule has 1 fully saturated rings. The van der Waals surface area contributed by atoms with Gasteiger partial charge in [-0.2, -0.15) is 0 Å². The molecule has 1 aliphatic rings. The summed E-state index contributed by atoms with van der Waals surface area (Å²) in [6, 6.07) is 4.52. The number of oxime groups is 1. The summed E-state index contributed by atoms with van der Waals surface area (Å²) in [7, 11) is -3.49. The zero-order chi connectivity index (χ0) is 15.5. The number of hydrogen-bond acceptors (Lipinski definition) is 4. The van der Waals surface area contributed by atoms with Gasteiger partial charge in [0.1, 0.15) is 0 Å². The molecule has 4 N–H and O–H groups in total. The third-order valence-corrected chi connectivity index (χ3v) is 5.80. The van der Waals surface area contributed by atoms with Crippen LogP contribution in [0.25, 0.3) is 0 Å². The van der Waals surface area contributed by atoms with E-state index in [1.165, 1.54) is 12.1 Å². The van der Waals surface area contributed by atoms with Gasteiger partial charge in [0.15, 0.2) is 5.84 Å². The molecule has 1 saturated carbocycles. The Bertz CT molecular complexity index is 640. The van der Waals surface area contributed by atoms with Crippen molar-refractivity contribution in [3.63, 3.8) is 0 Å². The largest absolute Gasteiger partial charge is 0.409 e. The highest BCUT2D eigenvalue weighted by Crippen LogP contribution is 2.29. The van der Waals surface area contributed by atoms with Gasteiger partial charge in [-0.25, -0.2) is 8.42 Å². The van der Waals surface area contributed by atoms with Crippen LogP contribution in [0.2, 0.25) is 5.02 Å². The minimum absolute atomic E-state index is 0.107. The minimum atomic E-state index is -3.49. The number of anilines is 1. The van der Waals surface area contributed by atoms with Crippen molar-refractivity contribution in [3.8, 4) is 0 Å². The summed E-state index contributed by atoms with van der Waals surface area (Å²) in [5.74, 6) is -0.107. The van der Waals surface area contributed by atoms with E-state index >= 15 is 0 Å². The Morgan fingerprint density at radius 1 is 1.33 bits per heavy atom.